The van der Waals surface area contributed by atoms with Gasteiger partial charge < -0.3 is 0 Å². The maximum absolute atomic E-state index is 12.2. The van der Waals surface area contributed by atoms with Gasteiger partial charge in [0, 0.05) is 10.6 Å². The van der Waals surface area contributed by atoms with Gasteiger partial charge in [-0.2, -0.15) is 0 Å². The third-order valence-corrected chi connectivity index (χ3v) is 2.44. The number of carbonyl (C=O) groups excluding carboxylic acids is 1. The minimum atomic E-state index is -2.97. The zero-order valence-corrected chi connectivity index (χ0v) is 9.18. The van der Waals surface area contributed by atoms with Crippen molar-refractivity contribution in [2.75, 3.05) is 0 Å². The van der Waals surface area contributed by atoms with Gasteiger partial charge in [0.15, 0.2) is 0 Å². The maximum Gasteiger partial charge on any atom is 0.300 e. The molecule has 0 heterocycles. The fourth-order valence-corrected chi connectivity index (χ4v) is 1.60. The summed E-state index contributed by atoms with van der Waals surface area (Å²) in [6.45, 7) is 3.77. The third-order valence-electron chi connectivity index (χ3n) is 2.10. The number of rotatable bonds is 3. The van der Waals surface area contributed by atoms with Gasteiger partial charge in [-0.3, -0.25) is 4.79 Å². The van der Waals surface area contributed by atoms with E-state index in [0.717, 1.165) is 0 Å². The van der Waals surface area contributed by atoms with E-state index in [2.05, 4.69) is 0 Å². The summed E-state index contributed by atoms with van der Waals surface area (Å²) in [6.07, 6.45) is -2.97. The highest BCUT2D eigenvalue weighted by Crippen LogP contribution is 2.25. The molecule has 0 radical (unpaired) electrons. The highest BCUT2D eigenvalue weighted by molar-refractivity contribution is 6.31. The number of Topliss-reactive ketones (excluding diaryl/α,β-unsaturated/α-hetero) is 1. The molecule has 0 aliphatic heterocycles. The molecule has 0 saturated carbocycles. The zero-order chi connectivity index (χ0) is 11.6. The molecule has 0 N–H and O–H groups in total. The molecule has 0 bridgehead atoms. The minimum absolute atomic E-state index is 0.0121. The fourth-order valence-electron chi connectivity index (χ4n) is 1.27. The molecule has 0 fully saturated rings. The Morgan fingerprint density at radius 1 is 1.33 bits per heavy atom. The van der Waals surface area contributed by atoms with Crippen LogP contribution in [0.1, 0.15) is 35.7 Å². The molecule has 1 rings (SSSR count). The predicted octanol–water partition coefficient (Wildman–Crippen LogP) is 3.91. The number of ketones is 1. The van der Waals surface area contributed by atoms with E-state index in [9.17, 15) is 13.6 Å². The van der Waals surface area contributed by atoms with E-state index in [1.165, 1.54) is 18.2 Å². The second-order valence-electron chi connectivity index (χ2n) is 3.56. The van der Waals surface area contributed by atoms with Crippen LogP contribution in [0, 0.1) is 0 Å². The van der Waals surface area contributed by atoms with Crippen molar-refractivity contribution in [2.24, 2.45) is 0 Å². The van der Waals surface area contributed by atoms with Crippen molar-refractivity contribution in [3.05, 3.63) is 34.3 Å². The zero-order valence-electron chi connectivity index (χ0n) is 8.43. The summed E-state index contributed by atoms with van der Waals surface area (Å²) in [5.74, 6) is -1.06. The summed E-state index contributed by atoms with van der Waals surface area (Å²) in [6, 6.07) is 4.23. The highest BCUT2D eigenvalue weighted by atomic mass is 35.5. The first-order chi connectivity index (χ1) is 6.93. The smallest absolute Gasteiger partial charge is 0.288 e. The molecule has 0 aliphatic carbocycles. The van der Waals surface area contributed by atoms with E-state index in [0.29, 0.717) is 10.6 Å². The first kappa shape index (κ1) is 12.1. The van der Waals surface area contributed by atoms with E-state index in [-0.39, 0.29) is 11.5 Å². The van der Waals surface area contributed by atoms with Crippen LogP contribution < -0.4 is 0 Å². The van der Waals surface area contributed by atoms with Crippen LogP contribution in [-0.2, 0) is 0 Å². The Morgan fingerprint density at radius 3 is 2.40 bits per heavy atom. The normalized spacial score (nSPS) is 11.1. The highest BCUT2D eigenvalue weighted by Gasteiger charge is 2.19. The van der Waals surface area contributed by atoms with Gasteiger partial charge in [-0.25, -0.2) is 8.78 Å². The Kier molecular flexibility index (Phi) is 3.80. The van der Waals surface area contributed by atoms with E-state index in [4.69, 9.17) is 11.6 Å². The van der Waals surface area contributed by atoms with Gasteiger partial charge in [-0.05, 0) is 29.7 Å². The van der Waals surface area contributed by atoms with E-state index >= 15 is 0 Å². The topological polar surface area (TPSA) is 17.1 Å². The molecule has 4 heteroatoms. The van der Waals surface area contributed by atoms with Gasteiger partial charge in [-0.15, -0.1) is 0 Å². The largest absolute Gasteiger partial charge is 0.300 e. The number of benzene rings is 1. The summed E-state index contributed by atoms with van der Waals surface area (Å²) in [5.41, 5.74) is 0.723. The molecule has 0 amide bonds. The predicted molar refractivity (Wildman–Crippen MR) is 55.9 cm³/mol. The molecular weight excluding hydrogens is 222 g/mol. The molecular formula is C11H11ClF2O. The van der Waals surface area contributed by atoms with Gasteiger partial charge in [-0.1, -0.05) is 25.4 Å². The van der Waals surface area contributed by atoms with E-state index in [1.54, 1.807) is 0 Å². The Hall–Kier alpha value is -0.960. The third kappa shape index (κ3) is 2.75. The van der Waals surface area contributed by atoms with Crippen molar-refractivity contribution in [1.29, 1.82) is 0 Å². The molecule has 0 spiro atoms. The Morgan fingerprint density at radius 2 is 1.93 bits per heavy atom. The van der Waals surface area contributed by atoms with Gasteiger partial charge in [0.2, 0.25) is 5.78 Å². The second kappa shape index (κ2) is 4.71. The molecule has 15 heavy (non-hydrogen) atoms. The molecule has 82 valence electrons. The summed E-state index contributed by atoms with van der Waals surface area (Å²) < 4.78 is 24.3. The van der Waals surface area contributed by atoms with Gasteiger partial charge in [0.05, 0.1) is 0 Å². The van der Waals surface area contributed by atoms with Gasteiger partial charge in [0.25, 0.3) is 0 Å². The Bertz CT molecular complexity index is 375. The van der Waals surface area contributed by atoms with Crippen molar-refractivity contribution >= 4 is 17.4 Å². The Labute approximate surface area is 92.1 Å². The second-order valence-corrected chi connectivity index (χ2v) is 3.96. The SMILES string of the molecule is CC(C)c1cc(C(=O)C(F)F)ccc1Cl. The maximum atomic E-state index is 12.2. The van der Waals surface area contributed by atoms with Crippen LogP contribution in [0.25, 0.3) is 0 Å². The average molecular weight is 233 g/mol. The molecule has 0 aromatic heterocycles. The fraction of sp³-hybridized carbons (Fsp3) is 0.364. The Balaban J connectivity index is 3.13. The summed E-state index contributed by atoms with van der Waals surface area (Å²) in [4.78, 5) is 11.0. The summed E-state index contributed by atoms with van der Waals surface area (Å²) in [5, 5.41) is 0.496. The van der Waals surface area contributed by atoms with Crippen molar-refractivity contribution in [1.82, 2.24) is 0 Å². The van der Waals surface area contributed by atoms with E-state index in [1.807, 2.05) is 13.8 Å². The van der Waals surface area contributed by atoms with Crippen LogP contribution in [0.5, 0.6) is 0 Å². The van der Waals surface area contributed by atoms with Crippen molar-refractivity contribution in [3.8, 4) is 0 Å². The molecule has 0 saturated heterocycles. The minimum Gasteiger partial charge on any atom is -0.288 e. The monoisotopic (exact) mass is 232 g/mol. The molecule has 1 aromatic carbocycles. The van der Waals surface area contributed by atoms with Crippen LogP contribution >= 0.6 is 11.6 Å². The number of halogens is 3. The van der Waals surface area contributed by atoms with Crippen LogP contribution in [0.4, 0.5) is 8.78 Å². The number of carbonyl (C=O) groups is 1. The lowest BCUT2D eigenvalue weighted by Crippen LogP contribution is -2.10. The lowest BCUT2D eigenvalue weighted by Gasteiger charge is -2.09. The molecule has 0 atom stereocenters. The number of alkyl halides is 2. The molecule has 1 aromatic rings. The van der Waals surface area contributed by atoms with Crippen LogP contribution in [0.15, 0.2) is 18.2 Å². The summed E-state index contributed by atoms with van der Waals surface area (Å²) >= 11 is 5.88. The lowest BCUT2D eigenvalue weighted by atomic mass is 9.99. The van der Waals surface area contributed by atoms with Gasteiger partial charge in [0.1, 0.15) is 0 Å². The van der Waals surface area contributed by atoms with Crippen LogP contribution in [-0.4, -0.2) is 12.2 Å². The standard InChI is InChI=1S/C11H11ClF2O/c1-6(2)8-5-7(3-4-9(8)12)10(15)11(13)14/h3-6,11H,1-2H3. The van der Waals surface area contributed by atoms with Crippen molar-refractivity contribution < 1.29 is 13.6 Å². The first-order valence-corrected chi connectivity index (χ1v) is 4.93. The van der Waals surface area contributed by atoms with Crippen LogP contribution in [0.3, 0.4) is 0 Å². The lowest BCUT2D eigenvalue weighted by molar-refractivity contribution is 0.0678. The van der Waals surface area contributed by atoms with Gasteiger partial charge >= 0.3 is 6.43 Å². The first-order valence-electron chi connectivity index (χ1n) is 4.55. The van der Waals surface area contributed by atoms with Crippen LogP contribution in [0.2, 0.25) is 5.02 Å². The summed E-state index contributed by atoms with van der Waals surface area (Å²) in [7, 11) is 0. The molecule has 1 nitrogen and oxygen atoms in total. The quantitative estimate of drug-likeness (QED) is 0.722. The number of hydrogen-bond donors (Lipinski definition) is 0. The molecule has 0 unspecified atom stereocenters. The van der Waals surface area contributed by atoms with E-state index < -0.39 is 12.2 Å². The van der Waals surface area contributed by atoms with Crippen molar-refractivity contribution in [2.45, 2.75) is 26.2 Å². The number of hydrogen-bond acceptors (Lipinski definition) is 1. The average Bonchev–Trinajstić information content (AvgIpc) is 2.16. The van der Waals surface area contributed by atoms with Crippen molar-refractivity contribution in [3.63, 3.8) is 0 Å². The molecule has 0 aliphatic rings.